The molecule has 0 radical (unpaired) electrons. The molecular weight excluding hydrogens is 1210 g/mol. The molecule has 0 aromatic carbocycles. The monoisotopic (exact) mass is 1250 g/mol. The maximum atomic E-state index is 14.0. The molecule has 0 amide bonds. The Hall–Kier alpha value is -1.16. The van der Waals surface area contributed by atoms with E-state index in [0.717, 1.165) is 0 Å². The summed E-state index contributed by atoms with van der Waals surface area (Å²) in [4.78, 5) is 0. The lowest BCUT2D eigenvalue weighted by molar-refractivity contribution is -0.894. The van der Waals surface area contributed by atoms with E-state index in [0.29, 0.717) is 0 Å². The van der Waals surface area contributed by atoms with Crippen LogP contribution in [0.25, 0.3) is 0 Å². The Labute approximate surface area is 396 Å². The average molecular weight is 1260 g/mol. The van der Waals surface area contributed by atoms with Crippen molar-refractivity contribution in [3.05, 3.63) is 0 Å². The molecule has 0 unspecified atom stereocenters. The Balaban J connectivity index is -0.0000218. The van der Waals surface area contributed by atoms with Crippen LogP contribution in [0.1, 0.15) is 25.7 Å². The predicted molar refractivity (Wildman–Crippen MR) is 178 cm³/mol. The normalized spacial score (nSPS) is 15.5. The fourth-order valence-corrected chi connectivity index (χ4v) is 7.26. The van der Waals surface area contributed by atoms with Gasteiger partial charge in [-0.25, -0.2) is 26.3 Å². The van der Waals surface area contributed by atoms with Crippen molar-refractivity contribution < 1.29 is 179 Å². The molecule has 0 aromatic heterocycles. The molecule has 0 aliphatic rings. The van der Waals surface area contributed by atoms with Crippen LogP contribution in [-0.2, 0) is 24.8 Å². The van der Waals surface area contributed by atoms with Crippen LogP contribution in [0.4, 0.5) is 114 Å². The molecule has 0 bridgehead atoms. The van der Waals surface area contributed by atoms with Crippen LogP contribution < -0.4 is 43.4 Å². The third-order valence-corrected chi connectivity index (χ3v) is 12.3. The second kappa shape index (κ2) is 23.2. The Kier molecular flexibility index (Phi) is 24.2. The summed E-state index contributed by atoms with van der Waals surface area (Å²) in [6.45, 7) is -1.09. The standard InChI is InChI=1S/C30H42F26N4O5S2.2BrH/c1-59(2,11-5-9-57-66(61,62)17-7-19(31,32)21(35,36)23(39,40)25(43,44)27(47,48)29(51,52)53)13-15-65-16-14-60(3,4)12-6-10-58-67(63,64)18-8-20(33,34)22(37,38)24(41,42)26(45,46)28(49,50)30(54,55)56;;/h57-58H,5-18H2,1-4H3;2*1H/q+2;;/p-2. The first kappa shape index (κ1) is 72.1. The largest absolute Gasteiger partial charge is 1.00 e. The van der Waals surface area contributed by atoms with Crippen LogP contribution >= 0.6 is 0 Å². The van der Waals surface area contributed by atoms with Crippen LogP contribution in [0.5, 0.6) is 0 Å². The number of nitrogens with zero attached hydrogens (tertiary/aromatic N) is 2. The van der Waals surface area contributed by atoms with Crippen molar-refractivity contribution >= 4 is 20.0 Å². The van der Waals surface area contributed by atoms with Crippen molar-refractivity contribution in [2.75, 3.05) is 92.2 Å². The molecule has 39 heteroatoms. The highest BCUT2D eigenvalue weighted by Gasteiger charge is 2.92. The smallest absolute Gasteiger partial charge is 0.460 e. The molecule has 0 saturated heterocycles. The first-order valence-corrected chi connectivity index (χ1v) is 21.4. The zero-order valence-corrected chi connectivity index (χ0v) is 40.0. The van der Waals surface area contributed by atoms with E-state index in [1.165, 1.54) is 28.2 Å². The fraction of sp³-hybridized carbons (Fsp3) is 1.00. The highest BCUT2D eigenvalue weighted by molar-refractivity contribution is 7.89. The number of hydrogen-bond acceptors (Lipinski definition) is 5. The first-order chi connectivity index (χ1) is 29.0. The van der Waals surface area contributed by atoms with Crippen LogP contribution in [0, 0.1) is 0 Å². The van der Waals surface area contributed by atoms with Crippen molar-refractivity contribution in [1.29, 1.82) is 0 Å². The maximum absolute atomic E-state index is 14.0. The number of hydrogen-bond donors (Lipinski definition) is 2. The van der Waals surface area contributed by atoms with Gasteiger partial charge in [-0.1, -0.05) is 0 Å². The van der Waals surface area contributed by atoms with E-state index < -0.39 is 129 Å². The van der Waals surface area contributed by atoms with Gasteiger partial charge in [0.2, 0.25) is 20.0 Å². The number of nitrogens with one attached hydrogen (secondary N) is 2. The highest BCUT2D eigenvalue weighted by Crippen LogP contribution is 2.62. The Bertz CT molecular complexity index is 1720. The lowest BCUT2D eigenvalue weighted by atomic mass is 9.93. The third kappa shape index (κ3) is 16.4. The molecule has 9 nitrogen and oxygen atoms in total. The molecule has 0 heterocycles. The van der Waals surface area contributed by atoms with E-state index in [1.807, 2.05) is 0 Å². The number of alkyl halides is 26. The van der Waals surface area contributed by atoms with Crippen molar-refractivity contribution in [2.24, 2.45) is 0 Å². The number of ether oxygens (including phenoxy) is 1. The quantitative estimate of drug-likeness (QED) is 0.0653. The van der Waals surface area contributed by atoms with Gasteiger partial charge in [-0.2, -0.15) is 114 Å². The lowest BCUT2D eigenvalue weighted by Crippen LogP contribution is -3.00. The number of sulfonamides is 2. The summed E-state index contributed by atoms with van der Waals surface area (Å²) in [5, 5.41) is 0. The van der Waals surface area contributed by atoms with E-state index in [2.05, 4.69) is 0 Å². The zero-order chi connectivity index (χ0) is 54.0. The zero-order valence-electron chi connectivity index (χ0n) is 35.2. The molecule has 0 aromatic rings. The van der Waals surface area contributed by atoms with Gasteiger partial charge in [0.1, 0.15) is 13.1 Å². The molecule has 69 heavy (non-hydrogen) atoms. The van der Waals surface area contributed by atoms with Crippen molar-refractivity contribution in [2.45, 2.75) is 97.3 Å². The van der Waals surface area contributed by atoms with Crippen LogP contribution in [-0.4, -0.2) is 190 Å². The first-order valence-electron chi connectivity index (χ1n) is 18.1. The fourth-order valence-electron chi connectivity index (χ4n) is 5.01. The molecule has 0 aliphatic carbocycles. The minimum Gasteiger partial charge on any atom is -1.00 e. The third-order valence-electron chi connectivity index (χ3n) is 9.57. The maximum Gasteiger partial charge on any atom is 0.460 e. The molecule has 0 rings (SSSR count). The van der Waals surface area contributed by atoms with Gasteiger partial charge in [-0.15, -0.1) is 0 Å². The van der Waals surface area contributed by atoms with E-state index in [-0.39, 0.29) is 95.2 Å². The predicted octanol–water partition coefficient (Wildman–Crippen LogP) is 2.04. The van der Waals surface area contributed by atoms with Gasteiger partial charge in [0.15, 0.2) is 0 Å². The van der Waals surface area contributed by atoms with Crippen molar-refractivity contribution in [3.8, 4) is 0 Å². The van der Waals surface area contributed by atoms with Crippen LogP contribution in [0.15, 0.2) is 0 Å². The van der Waals surface area contributed by atoms with Gasteiger partial charge in [-0.05, 0) is 0 Å². The molecule has 0 aliphatic heterocycles. The summed E-state index contributed by atoms with van der Waals surface area (Å²) in [5.41, 5.74) is 0. The van der Waals surface area contributed by atoms with E-state index >= 15 is 0 Å². The summed E-state index contributed by atoms with van der Waals surface area (Å²) in [5.74, 6) is -81.3. The van der Waals surface area contributed by atoms with Gasteiger partial charge in [0.25, 0.3) is 0 Å². The lowest BCUT2D eigenvalue weighted by Gasteiger charge is -2.39. The summed E-state index contributed by atoms with van der Waals surface area (Å²) in [6.07, 6.45) is -21.5. The minimum atomic E-state index is -8.15. The SMILES string of the molecule is C[N+](C)(CCCNS(=O)(=O)CCC(F)(F)C(F)(F)C(F)(F)C(F)(F)C(F)(F)C(F)(F)F)CCOCC[N+](C)(C)CCCNS(=O)(=O)CCC(F)(F)C(F)(F)C(F)(F)C(F)(F)C(F)(F)C(F)(F)F.[Br-].[Br-]. The summed E-state index contributed by atoms with van der Waals surface area (Å²) < 4.78 is 401. The average Bonchev–Trinajstić information content (AvgIpc) is 3.12. The molecule has 0 spiro atoms. The van der Waals surface area contributed by atoms with Gasteiger partial charge < -0.3 is 47.7 Å². The van der Waals surface area contributed by atoms with Crippen molar-refractivity contribution in [1.82, 2.24) is 9.44 Å². The van der Waals surface area contributed by atoms with Gasteiger partial charge in [0, 0.05) is 38.8 Å². The second-order valence-corrected chi connectivity index (χ2v) is 19.9. The summed E-state index contributed by atoms with van der Waals surface area (Å²) in [6, 6.07) is 0. The Morgan fingerprint density at radius 1 is 0.377 bits per heavy atom. The van der Waals surface area contributed by atoms with E-state index in [9.17, 15) is 131 Å². The van der Waals surface area contributed by atoms with Crippen LogP contribution in [0.2, 0.25) is 0 Å². The molecule has 0 fully saturated rings. The van der Waals surface area contributed by atoms with E-state index in [1.54, 1.807) is 9.44 Å². The molecule has 420 valence electrons. The topological polar surface area (TPSA) is 102 Å². The second-order valence-electron chi connectivity index (χ2n) is 16.0. The Morgan fingerprint density at radius 3 is 0.841 bits per heavy atom. The highest BCUT2D eigenvalue weighted by atomic mass is 79.9. The summed E-state index contributed by atoms with van der Waals surface area (Å²) in [7, 11) is -4.17. The van der Waals surface area contributed by atoms with Crippen molar-refractivity contribution in [3.63, 3.8) is 0 Å². The van der Waals surface area contributed by atoms with Gasteiger partial charge in [0.05, 0.1) is 66.0 Å². The number of rotatable bonds is 30. The molecule has 0 saturated carbocycles. The summed E-state index contributed by atoms with van der Waals surface area (Å²) >= 11 is 0. The number of halogens is 28. The Morgan fingerprint density at radius 2 is 0.609 bits per heavy atom. The number of quaternary nitrogens is 2. The van der Waals surface area contributed by atoms with Crippen LogP contribution in [0.3, 0.4) is 0 Å². The molecule has 0 atom stereocenters. The molecular formula is C30H42Br2F26N4O5S2. The van der Waals surface area contributed by atoms with Gasteiger partial charge >= 0.3 is 71.6 Å². The van der Waals surface area contributed by atoms with E-state index in [4.69, 9.17) is 4.74 Å². The van der Waals surface area contributed by atoms with Gasteiger partial charge in [-0.3, -0.25) is 0 Å². The minimum absolute atomic E-state index is 0. The molecule has 2 N–H and O–H groups in total. The number of likely N-dealkylation sites (N-methyl/N-ethyl adjacent to an activating group) is 2.